The highest BCUT2D eigenvalue weighted by Crippen LogP contribution is 2.33. The summed E-state index contributed by atoms with van der Waals surface area (Å²) >= 11 is 0. The average molecular weight is 239 g/mol. The molecule has 2 nitrogen and oxygen atoms in total. The van der Waals surface area contributed by atoms with Crippen molar-refractivity contribution in [2.75, 3.05) is 13.2 Å². The summed E-state index contributed by atoms with van der Waals surface area (Å²) in [5, 5.41) is 0. The van der Waals surface area contributed by atoms with Crippen molar-refractivity contribution in [1.29, 1.82) is 0 Å². The molecule has 0 aromatic heterocycles. The summed E-state index contributed by atoms with van der Waals surface area (Å²) in [7, 11) is 0. The van der Waals surface area contributed by atoms with E-state index in [0.717, 1.165) is 19.3 Å². The lowest BCUT2D eigenvalue weighted by molar-refractivity contribution is -0.174. The molecule has 0 aromatic carbocycles. The Morgan fingerprint density at radius 3 is 2.50 bits per heavy atom. The van der Waals surface area contributed by atoms with E-state index in [4.69, 9.17) is 5.73 Å². The second kappa shape index (κ2) is 5.87. The van der Waals surface area contributed by atoms with E-state index in [2.05, 4.69) is 11.7 Å². The Kier molecular flexibility index (Phi) is 5.05. The highest BCUT2D eigenvalue weighted by atomic mass is 19.4. The predicted molar refractivity (Wildman–Crippen MR) is 56.0 cm³/mol. The van der Waals surface area contributed by atoms with Crippen molar-refractivity contribution in [2.45, 2.75) is 44.8 Å². The fourth-order valence-corrected chi connectivity index (χ4v) is 2.32. The molecule has 0 saturated heterocycles. The van der Waals surface area contributed by atoms with Crippen LogP contribution in [-0.4, -0.2) is 25.4 Å². The first-order chi connectivity index (χ1) is 7.40. The third-order valence-electron chi connectivity index (χ3n) is 3.42. The molecule has 2 N–H and O–H groups in total. The quantitative estimate of drug-likeness (QED) is 0.749. The molecular weight excluding hydrogens is 219 g/mol. The van der Waals surface area contributed by atoms with Crippen LogP contribution in [0.2, 0.25) is 0 Å². The number of hydrogen-bond acceptors (Lipinski definition) is 2. The molecule has 16 heavy (non-hydrogen) atoms. The molecule has 1 rings (SSSR count). The highest BCUT2D eigenvalue weighted by molar-refractivity contribution is 4.84. The van der Waals surface area contributed by atoms with E-state index in [1.54, 1.807) is 0 Å². The number of hydrogen-bond donors (Lipinski definition) is 1. The molecule has 3 unspecified atom stereocenters. The third kappa shape index (κ3) is 4.70. The number of halogens is 3. The lowest BCUT2D eigenvalue weighted by atomic mass is 9.92. The molecule has 0 spiro atoms. The molecule has 0 aliphatic heterocycles. The summed E-state index contributed by atoms with van der Waals surface area (Å²) in [5.41, 5.74) is 5.88. The van der Waals surface area contributed by atoms with Crippen molar-refractivity contribution in [3.8, 4) is 0 Å². The summed E-state index contributed by atoms with van der Waals surface area (Å²) in [6.45, 7) is 1.18. The van der Waals surface area contributed by atoms with Crippen LogP contribution in [-0.2, 0) is 4.74 Å². The van der Waals surface area contributed by atoms with Crippen molar-refractivity contribution in [3.05, 3.63) is 0 Å². The van der Waals surface area contributed by atoms with Crippen LogP contribution in [0.15, 0.2) is 0 Å². The molecule has 0 bridgehead atoms. The van der Waals surface area contributed by atoms with Crippen molar-refractivity contribution in [1.82, 2.24) is 0 Å². The van der Waals surface area contributed by atoms with E-state index in [9.17, 15) is 13.2 Å². The third-order valence-corrected chi connectivity index (χ3v) is 3.42. The number of rotatable bonds is 5. The topological polar surface area (TPSA) is 35.2 Å². The molecular formula is C11H20F3NO. The van der Waals surface area contributed by atoms with Gasteiger partial charge in [0.05, 0.1) is 0 Å². The van der Waals surface area contributed by atoms with Crippen LogP contribution >= 0.6 is 0 Å². The van der Waals surface area contributed by atoms with Gasteiger partial charge in [0.25, 0.3) is 0 Å². The number of ether oxygens (including phenoxy) is 1. The zero-order valence-corrected chi connectivity index (χ0v) is 9.59. The lowest BCUT2D eigenvalue weighted by Gasteiger charge is -2.17. The molecule has 5 heteroatoms. The normalized spacial score (nSPS) is 30.9. The Morgan fingerprint density at radius 1 is 1.31 bits per heavy atom. The standard InChI is InChI=1S/C11H20F3NO/c1-8-9(4-5-10(8)15)3-2-6-16-7-11(12,13)14/h8-10H,2-7,15H2,1H3. The van der Waals surface area contributed by atoms with E-state index < -0.39 is 12.8 Å². The summed E-state index contributed by atoms with van der Waals surface area (Å²) < 4.78 is 39.8. The van der Waals surface area contributed by atoms with Crippen LogP contribution in [0.5, 0.6) is 0 Å². The summed E-state index contributed by atoms with van der Waals surface area (Å²) in [6.07, 6.45) is -0.454. The predicted octanol–water partition coefficient (Wildman–Crippen LogP) is 2.72. The van der Waals surface area contributed by atoms with Crippen LogP contribution < -0.4 is 5.73 Å². The largest absolute Gasteiger partial charge is 0.411 e. The number of nitrogens with two attached hydrogens (primary N) is 1. The van der Waals surface area contributed by atoms with E-state index in [-0.39, 0.29) is 12.6 Å². The highest BCUT2D eigenvalue weighted by Gasteiger charge is 2.30. The van der Waals surface area contributed by atoms with Gasteiger partial charge >= 0.3 is 6.18 Å². The Labute approximate surface area is 94.3 Å². The monoisotopic (exact) mass is 239 g/mol. The summed E-state index contributed by atoms with van der Waals surface area (Å²) in [4.78, 5) is 0. The van der Waals surface area contributed by atoms with Gasteiger partial charge in [-0.2, -0.15) is 13.2 Å². The first-order valence-electron chi connectivity index (χ1n) is 5.80. The fraction of sp³-hybridized carbons (Fsp3) is 1.00. The Morgan fingerprint density at radius 2 is 2.00 bits per heavy atom. The van der Waals surface area contributed by atoms with Gasteiger partial charge in [0.2, 0.25) is 0 Å². The van der Waals surface area contributed by atoms with Crippen molar-refractivity contribution in [2.24, 2.45) is 17.6 Å². The molecule has 1 aliphatic carbocycles. The van der Waals surface area contributed by atoms with E-state index in [1.165, 1.54) is 0 Å². The van der Waals surface area contributed by atoms with Gasteiger partial charge in [-0.05, 0) is 37.5 Å². The van der Waals surface area contributed by atoms with Gasteiger partial charge in [-0.1, -0.05) is 6.92 Å². The molecule has 1 fully saturated rings. The first-order valence-corrected chi connectivity index (χ1v) is 5.80. The Hall–Kier alpha value is -0.290. The van der Waals surface area contributed by atoms with Gasteiger partial charge in [0, 0.05) is 12.6 Å². The molecule has 0 heterocycles. The SMILES string of the molecule is CC1C(N)CCC1CCCOCC(F)(F)F. The maximum Gasteiger partial charge on any atom is 0.411 e. The van der Waals surface area contributed by atoms with Gasteiger partial charge in [0.15, 0.2) is 0 Å². The van der Waals surface area contributed by atoms with Crippen LogP contribution in [0.25, 0.3) is 0 Å². The van der Waals surface area contributed by atoms with Crippen LogP contribution in [0, 0.1) is 11.8 Å². The van der Waals surface area contributed by atoms with Crippen molar-refractivity contribution in [3.63, 3.8) is 0 Å². The molecule has 0 aromatic rings. The second-order valence-corrected chi connectivity index (χ2v) is 4.67. The van der Waals surface area contributed by atoms with Gasteiger partial charge in [-0.15, -0.1) is 0 Å². The van der Waals surface area contributed by atoms with E-state index in [1.807, 2.05) is 0 Å². The average Bonchev–Trinajstić information content (AvgIpc) is 2.47. The molecule has 1 aliphatic rings. The minimum Gasteiger partial charge on any atom is -0.372 e. The lowest BCUT2D eigenvalue weighted by Crippen LogP contribution is -2.25. The fourth-order valence-electron chi connectivity index (χ4n) is 2.32. The molecule has 96 valence electrons. The maximum absolute atomic E-state index is 11.8. The number of alkyl halides is 3. The minimum atomic E-state index is -4.21. The van der Waals surface area contributed by atoms with Crippen LogP contribution in [0.4, 0.5) is 13.2 Å². The van der Waals surface area contributed by atoms with E-state index >= 15 is 0 Å². The molecule has 0 radical (unpaired) electrons. The van der Waals surface area contributed by atoms with Crippen LogP contribution in [0.1, 0.15) is 32.6 Å². The maximum atomic E-state index is 11.8. The summed E-state index contributed by atoms with van der Waals surface area (Å²) in [6, 6.07) is 0.265. The minimum absolute atomic E-state index is 0.192. The zero-order chi connectivity index (χ0) is 12.2. The Bertz CT molecular complexity index is 208. The smallest absolute Gasteiger partial charge is 0.372 e. The molecule has 3 atom stereocenters. The van der Waals surface area contributed by atoms with Crippen molar-refractivity contribution < 1.29 is 17.9 Å². The zero-order valence-electron chi connectivity index (χ0n) is 9.59. The van der Waals surface area contributed by atoms with Crippen molar-refractivity contribution >= 4 is 0 Å². The first kappa shape index (κ1) is 13.8. The second-order valence-electron chi connectivity index (χ2n) is 4.67. The Balaban J connectivity index is 2.04. The summed E-state index contributed by atoms with van der Waals surface area (Å²) in [5.74, 6) is 1.05. The van der Waals surface area contributed by atoms with Gasteiger partial charge < -0.3 is 10.5 Å². The van der Waals surface area contributed by atoms with E-state index in [0.29, 0.717) is 18.3 Å². The van der Waals surface area contributed by atoms with Gasteiger partial charge in [-0.25, -0.2) is 0 Å². The molecule has 0 amide bonds. The van der Waals surface area contributed by atoms with Gasteiger partial charge in [0.1, 0.15) is 6.61 Å². The van der Waals surface area contributed by atoms with Crippen LogP contribution in [0.3, 0.4) is 0 Å². The molecule has 1 saturated carbocycles. The van der Waals surface area contributed by atoms with Gasteiger partial charge in [-0.3, -0.25) is 0 Å².